The maximum Gasteiger partial charge on any atom is 0.380 e. The zero-order valence-corrected chi connectivity index (χ0v) is 5.37. The van der Waals surface area contributed by atoms with Crippen molar-refractivity contribution in [3.05, 3.63) is 5.82 Å². The number of tetrazole rings is 1. The van der Waals surface area contributed by atoms with E-state index in [1.807, 2.05) is 0 Å². The van der Waals surface area contributed by atoms with Crippen molar-refractivity contribution in [2.24, 2.45) is 0 Å². The van der Waals surface area contributed by atoms with Gasteiger partial charge in [-0.15, -0.1) is 10.2 Å². The summed E-state index contributed by atoms with van der Waals surface area (Å²) < 4.78 is 4.56. The van der Waals surface area contributed by atoms with E-state index in [0.717, 1.165) is 0 Å². The van der Waals surface area contributed by atoms with Gasteiger partial charge in [0.2, 0.25) is 0 Å². The summed E-state index contributed by atoms with van der Waals surface area (Å²) in [6.07, 6.45) is 0. The van der Waals surface area contributed by atoms with Gasteiger partial charge in [0, 0.05) is 1.43 Å². The molecular weight excluding hydrogens is 136 g/mol. The van der Waals surface area contributed by atoms with Crippen molar-refractivity contribution in [2.45, 2.75) is 6.92 Å². The van der Waals surface area contributed by atoms with Crippen LogP contribution in [-0.2, 0) is 4.74 Å². The number of carbonyl (C=O) groups excluding carboxylic acids is 1. The number of ether oxygens (including phenoxy) is 1. The third kappa shape index (κ3) is 1.28. The average molecular weight is 144 g/mol. The van der Waals surface area contributed by atoms with Crippen LogP contribution in [0.2, 0.25) is 0 Å². The van der Waals surface area contributed by atoms with Gasteiger partial charge >= 0.3 is 5.97 Å². The number of aromatic amines is 1. The van der Waals surface area contributed by atoms with Crippen LogP contribution in [0.25, 0.3) is 0 Å². The number of hydrogen-bond acceptors (Lipinski definition) is 5. The number of H-pyrrole nitrogens is 1. The number of nitrogens with zero attached hydrogens (tertiary/aromatic N) is 3. The highest BCUT2D eigenvalue weighted by atomic mass is 16.5. The monoisotopic (exact) mass is 144 g/mol. The second kappa shape index (κ2) is 2.90. The zero-order chi connectivity index (χ0) is 7.40. The van der Waals surface area contributed by atoms with Gasteiger partial charge in [0.1, 0.15) is 0 Å². The number of nitrogens with one attached hydrogen (secondary N) is 1. The molecule has 0 aliphatic carbocycles. The lowest BCUT2D eigenvalue weighted by atomic mass is 10.6. The van der Waals surface area contributed by atoms with Crippen LogP contribution >= 0.6 is 0 Å². The summed E-state index contributed by atoms with van der Waals surface area (Å²) in [7, 11) is 0. The van der Waals surface area contributed by atoms with Crippen molar-refractivity contribution in [1.82, 2.24) is 20.6 Å². The number of esters is 1. The summed E-state index contributed by atoms with van der Waals surface area (Å²) >= 11 is 0. The molecule has 6 nitrogen and oxygen atoms in total. The first kappa shape index (κ1) is 6.66. The Bertz CT molecular complexity index is 212. The van der Waals surface area contributed by atoms with Gasteiger partial charge in [0.15, 0.2) is 0 Å². The van der Waals surface area contributed by atoms with Crippen molar-refractivity contribution < 1.29 is 11.0 Å². The molecule has 0 atom stereocenters. The second-order valence-electron chi connectivity index (χ2n) is 1.46. The standard InChI is InChI=1S/C4H6N4O2.H2/c1-2-10-4(9)3-5-7-8-6-3;/h2H2,1H3,(H,5,6,7,8);1H. The largest absolute Gasteiger partial charge is 0.460 e. The van der Waals surface area contributed by atoms with Gasteiger partial charge in [-0.2, -0.15) is 5.21 Å². The van der Waals surface area contributed by atoms with E-state index in [2.05, 4.69) is 25.4 Å². The highest BCUT2D eigenvalue weighted by Gasteiger charge is 2.09. The minimum Gasteiger partial charge on any atom is -0.460 e. The van der Waals surface area contributed by atoms with Crippen LogP contribution in [0.15, 0.2) is 0 Å². The Morgan fingerprint density at radius 3 is 3.20 bits per heavy atom. The number of carbonyl (C=O) groups is 1. The molecule has 1 aromatic rings. The fourth-order valence-corrected chi connectivity index (χ4v) is 0.444. The predicted octanol–water partition coefficient (Wildman–Crippen LogP) is -0.378. The molecule has 1 aromatic heterocycles. The molecule has 0 radical (unpaired) electrons. The fraction of sp³-hybridized carbons (Fsp3) is 0.500. The Balaban J connectivity index is 0.000001000. The van der Waals surface area contributed by atoms with Crippen LogP contribution in [0.1, 0.15) is 19.0 Å². The van der Waals surface area contributed by atoms with E-state index in [1.54, 1.807) is 6.92 Å². The van der Waals surface area contributed by atoms with E-state index in [4.69, 9.17) is 0 Å². The van der Waals surface area contributed by atoms with Gasteiger partial charge in [-0.25, -0.2) is 4.79 Å². The normalized spacial score (nSPS) is 9.30. The van der Waals surface area contributed by atoms with Crippen molar-refractivity contribution in [2.75, 3.05) is 6.61 Å². The van der Waals surface area contributed by atoms with Crippen molar-refractivity contribution in [3.8, 4) is 0 Å². The highest BCUT2D eigenvalue weighted by molar-refractivity contribution is 5.84. The molecule has 1 N–H and O–H groups in total. The average Bonchev–Trinajstić information content (AvgIpc) is 2.38. The summed E-state index contributed by atoms with van der Waals surface area (Å²) in [5.74, 6) is -0.599. The summed E-state index contributed by atoms with van der Waals surface area (Å²) in [5.41, 5.74) is 0. The molecule has 0 aromatic carbocycles. The minimum absolute atomic E-state index is 0. The predicted molar refractivity (Wildman–Crippen MR) is 32.2 cm³/mol. The number of rotatable bonds is 2. The third-order valence-electron chi connectivity index (χ3n) is 0.803. The molecule has 10 heavy (non-hydrogen) atoms. The minimum atomic E-state index is -0.559. The summed E-state index contributed by atoms with van der Waals surface area (Å²) in [6.45, 7) is 2.02. The van der Waals surface area contributed by atoms with Crippen LogP contribution in [0.4, 0.5) is 0 Å². The van der Waals surface area contributed by atoms with Crippen LogP contribution < -0.4 is 0 Å². The van der Waals surface area contributed by atoms with Crippen molar-refractivity contribution in [3.63, 3.8) is 0 Å². The zero-order valence-electron chi connectivity index (χ0n) is 5.37. The topological polar surface area (TPSA) is 80.8 Å². The van der Waals surface area contributed by atoms with E-state index >= 15 is 0 Å². The molecule has 0 bridgehead atoms. The fourth-order valence-electron chi connectivity index (χ4n) is 0.444. The van der Waals surface area contributed by atoms with Crippen molar-refractivity contribution in [1.29, 1.82) is 0 Å². The van der Waals surface area contributed by atoms with Gasteiger partial charge < -0.3 is 4.74 Å². The highest BCUT2D eigenvalue weighted by Crippen LogP contribution is 1.87. The molecule has 0 amide bonds. The Morgan fingerprint density at radius 1 is 1.90 bits per heavy atom. The van der Waals surface area contributed by atoms with Gasteiger partial charge in [-0.05, 0) is 12.1 Å². The molecule has 0 spiro atoms. The van der Waals surface area contributed by atoms with Gasteiger partial charge in [-0.1, -0.05) is 0 Å². The molecule has 1 heterocycles. The molecule has 0 aliphatic rings. The lowest BCUT2D eigenvalue weighted by molar-refractivity contribution is 0.0512. The molecule has 1 rings (SSSR count). The Morgan fingerprint density at radius 2 is 2.70 bits per heavy atom. The third-order valence-corrected chi connectivity index (χ3v) is 0.803. The van der Waals surface area contributed by atoms with E-state index < -0.39 is 5.97 Å². The Kier molecular flexibility index (Phi) is 1.93. The smallest absolute Gasteiger partial charge is 0.380 e. The number of aromatic nitrogens is 4. The molecular formula is C4H8N4O2. The molecule has 0 fully saturated rings. The lowest BCUT2D eigenvalue weighted by Crippen LogP contribution is -2.06. The van der Waals surface area contributed by atoms with Gasteiger partial charge in [-0.3, -0.25) is 0 Å². The van der Waals surface area contributed by atoms with Crippen LogP contribution in [0.5, 0.6) is 0 Å². The SMILES string of the molecule is CCOC(=O)c1nn[nH]n1.[HH]. The first-order chi connectivity index (χ1) is 4.84. The van der Waals surface area contributed by atoms with Crippen LogP contribution in [0.3, 0.4) is 0 Å². The molecule has 0 aliphatic heterocycles. The van der Waals surface area contributed by atoms with Gasteiger partial charge in [0.05, 0.1) is 6.61 Å². The number of hydrogen-bond donors (Lipinski definition) is 1. The quantitative estimate of drug-likeness (QED) is 0.572. The summed E-state index contributed by atoms with van der Waals surface area (Å²) in [4.78, 5) is 10.7. The first-order valence-electron chi connectivity index (χ1n) is 2.75. The molecule has 56 valence electrons. The lowest BCUT2D eigenvalue weighted by Gasteiger charge is -1.92. The van der Waals surface area contributed by atoms with Crippen molar-refractivity contribution >= 4 is 5.97 Å². The van der Waals surface area contributed by atoms with Crippen LogP contribution in [-0.4, -0.2) is 33.2 Å². The molecule has 0 unspecified atom stereocenters. The van der Waals surface area contributed by atoms with E-state index in [-0.39, 0.29) is 7.25 Å². The second-order valence-corrected chi connectivity index (χ2v) is 1.46. The maximum atomic E-state index is 10.7. The van der Waals surface area contributed by atoms with Crippen LogP contribution in [0, 0.1) is 0 Å². The molecule has 6 heteroatoms. The molecule has 0 saturated heterocycles. The Hall–Kier alpha value is -1.46. The Labute approximate surface area is 58.1 Å². The maximum absolute atomic E-state index is 10.7. The first-order valence-corrected chi connectivity index (χ1v) is 2.75. The van der Waals surface area contributed by atoms with Gasteiger partial charge in [0.25, 0.3) is 5.82 Å². The van der Waals surface area contributed by atoms with E-state index in [0.29, 0.717) is 6.61 Å². The summed E-state index contributed by atoms with van der Waals surface area (Å²) in [6, 6.07) is 0. The van der Waals surface area contributed by atoms with E-state index in [9.17, 15) is 4.79 Å². The summed E-state index contributed by atoms with van der Waals surface area (Å²) in [5, 5.41) is 12.2. The van der Waals surface area contributed by atoms with E-state index in [1.165, 1.54) is 0 Å². The molecule has 0 saturated carbocycles.